The van der Waals surface area contributed by atoms with Crippen LogP contribution in [-0.2, 0) is 28.7 Å². The Bertz CT molecular complexity index is 776. The first-order chi connectivity index (χ1) is 12.8. The van der Waals surface area contributed by atoms with E-state index in [1.54, 1.807) is 12.1 Å². The SMILES string of the molecule is COC(=O)C(CCc1ccc(F)cc1)Nc1cccc(C(F)(F)F)c1CN. The van der Waals surface area contributed by atoms with Crippen molar-refractivity contribution in [3.05, 3.63) is 65.0 Å². The molecule has 0 heterocycles. The molecule has 0 saturated heterocycles. The summed E-state index contributed by atoms with van der Waals surface area (Å²) in [6.45, 7) is -0.343. The summed E-state index contributed by atoms with van der Waals surface area (Å²) in [4.78, 5) is 12.1. The Kier molecular flexibility index (Phi) is 6.79. The van der Waals surface area contributed by atoms with Crippen molar-refractivity contribution in [3.63, 3.8) is 0 Å². The average Bonchev–Trinajstić information content (AvgIpc) is 2.64. The van der Waals surface area contributed by atoms with E-state index < -0.39 is 23.8 Å². The number of benzene rings is 2. The smallest absolute Gasteiger partial charge is 0.416 e. The van der Waals surface area contributed by atoms with Gasteiger partial charge in [-0.05, 0) is 42.7 Å². The lowest BCUT2D eigenvalue weighted by molar-refractivity contribution is -0.141. The van der Waals surface area contributed by atoms with Gasteiger partial charge in [0.25, 0.3) is 0 Å². The van der Waals surface area contributed by atoms with Crippen LogP contribution in [0.4, 0.5) is 23.2 Å². The Hall–Kier alpha value is -2.61. The molecule has 27 heavy (non-hydrogen) atoms. The molecule has 0 fully saturated rings. The Balaban J connectivity index is 2.23. The second-order valence-electron chi connectivity index (χ2n) is 5.92. The molecule has 3 N–H and O–H groups in total. The predicted octanol–water partition coefficient (Wildman–Crippen LogP) is 3.89. The molecule has 0 saturated carbocycles. The van der Waals surface area contributed by atoms with Gasteiger partial charge in [0.2, 0.25) is 0 Å². The monoisotopic (exact) mass is 384 g/mol. The summed E-state index contributed by atoms with van der Waals surface area (Å²) in [6.07, 6.45) is -3.90. The van der Waals surface area contributed by atoms with Crippen molar-refractivity contribution in [2.24, 2.45) is 5.73 Å². The van der Waals surface area contributed by atoms with Crippen LogP contribution in [-0.4, -0.2) is 19.1 Å². The molecular formula is C19H20F4N2O2. The second kappa shape index (κ2) is 8.85. The number of methoxy groups -OCH3 is 1. The molecule has 0 bridgehead atoms. The fourth-order valence-corrected chi connectivity index (χ4v) is 2.75. The summed E-state index contributed by atoms with van der Waals surface area (Å²) in [5.74, 6) is -0.990. The lowest BCUT2D eigenvalue weighted by atomic mass is 10.0. The summed E-state index contributed by atoms with van der Waals surface area (Å²) in [6, 6.07) is 8.51. The van der Waals surface area contributed by atoms with Gasteiger partial charge in [0, 0.05) is 17.8 Å². The van der Waals surface area contributed by atoms with Crippen LogP contribution in [0, 0.1) is 5.82 Å². The molecule has 1 unspecified atom stereocenters. The van der Waals surface area contributed by atoms with Crippen LogP contribution >= 0.6 is 0 Å². The lowest BCUT2D eigenvalue weighted by Crippen LogP contribution is -2.32. The minimum absolute atomic E-state index is 0.124. The zero-order valence-corrected chi connectivity index (χ0v) is 14.6. The van der Waals surface area contributed by atoms with Gasteiger partial charge in [-0.2, -0.15) is 13.2 Å². The third kappa shape index (κ3) is 5.43. The first-order valence-corrected chi connectivity index (χ1v) is 8.24. The highest BCUT2D eigenvalue weighted by atomic mass is 19.4. The summed E-state index contributed by atoms with van der Waals surface area (Å²) in [5, 5.41) is 2.81. The number of rotatable bonds is 7. The zero-order chi connectivity index (χ0) is 20.0. The lowest BCUT2D eigenvalue weighted by Gasteiger charge is -2.22. The van der Waals surface area contributed by atoms with Gasteiger partial charge in [0.15, 0.2) is 0 Å². The van der Waals surface area contributed by atoms with Crippen molar-refractivity contribution in [2.75, 3.05) is 12.4 Å². The molecule has 0 radical (unpaired) electrons. The number of hydrogen-bond acceptors (Lipinski definition) is 4. The second-order valence-corrected chi connectivity index (χ2v) is 5.92. The van der Waals surface area contributed by atoms with E-state index in [1.165, 1.54) is 31.4 Å². The fourth-order valence-electron chi connectivity index (χ4n) is 2.75. The van der Waals surface area contributed by atoms with E-state index in [4.69, 9.17) is 10.5 Å². The normalized spacial score (nSPS) is 12.5. The Morgan fingerprint density at radius 3 is 2.41 bits per heavy atom. The highest BCUT2D eigenvalue weighted by Crippen LogP contribution is 2.35. The summed E-state index contributed by atoms with van der Waals surface area (Å²) in [5.41, 5.74) is 5.46. The number of alkyl halides is 3. The predicted molar refractivity (Wildman–Crippen MR) is 93.5 cm³/mol. The number of nitrogens with one attached hydrogen (secondary N) is 1. The molecule has 0 aliphatic rings. The van der Waals surface area contributed by atoms with Crippen LogP contribution in [0.1, 0.15) is 23.1 Å². The minimum Gasteiger partial charge on any atom is -0.467 e. The van der Waals surface area contributed by atoms with E-state index in [9.17, 15) is 22.4 Å². The van der Waals surface area contributed by atoms with Gasteiger partial charge in [0.05, 0.1) is 12.7 Å². The molecule has 2 aromatic carbocycles. The van der Waals surface area contributed by atoms with Crippen molar-refractivity contribution >= 4 is 11.7 Å². The standard InChI is InChI=1S/C19H20F4N2O2/c1-27-18(26)17(10-7-12-5-8-13(20)9-6-12)25-16-4-2-3-15(14(16)11-24)19(21,22)23/h2-6,8-9,17,25H,7,10-11,24H2,1H3. The van der Waals surface area contributed by atoms with Crippen molar-refractivity contribution < 1.29 is 27.1 Å². The molecule has 0 amide bonds. The van der Waals surface area contributed by atoms with Crippen LogP contribution in [0.3, 0.4) is 0 Å². The molecular weight excluding hydrogens is 364 g/mol. The van der Waals surface area contributed by atoms with Gasteiger partial charge in [-0.25, -0.2) is 9.18 Å². The maximum Gasteiger partial charge on any atom is 0.416 e. The molecule has 8 heteroatoms. The Morgan fingerprint density at radius 2 is 1.85 bits per heavy atom. The van der Waals surface area contributed by atoms with Gasteiger partial charge >= 0.3 is 12.1 Å². The van der Waals surface area contributed by atoms with Gasteiger partial charge in [-0.15, -0.1) is 0 Å². The molecule has 0 aromatic heterocycles. The first kappa shape index (κ1) is 20.7. The fraction of sp³-hybridized carbons (Fsp3) is 0.316. The maximum absolute atomic E-state index is 13.2. The van der Waals surface area contributed by atoms with Crippen molar-refractivity contribution in [1.82, 2.24) is 0 Å². The van der Waals surface area contributed by atoms with Crippen LogP contribution < -0.4 is 11.1 Å². The summed E-state index contributed by atoms with van der Waals surface area (Å²) < 4.78 is 57.3. The Morgan fingerprint density at radius 1 is 1.19 bits per heavy atom. The number of nitrogens with two attached hydrogens (primary N) is 1. The number of ether oxygens (including phenoxy) is 1. The molecule has 0 aliphatic heterocycles. The van der Waals surface area contributed by atoms with Gasteiger partial charge in [0.1, 0.15) is 11.9 Å². The Labute approximate surface area is 154 Å². The number of anilines is 1. The van der Waals surface area contributed by atoms with Crippen LogP contribution in [0.5, 0.6) is 0 Å². The molecule has 2 aromatic rings. The van der Waals surface area contributed by atoms with Gasteiger partial charge in [-0.1, -0.05) is 18.2 Å². The molecule has 2 rings (SSSR count). The highest BCUT2D eigenvalue weighted by molar-refractivity contribution is 5.79. The minimum atomic E-state index is -4.55. The summed E-state index contributed by atoms with van der Waals surface area (Å²) in [7, 11) is 1.20. The highest BCUT2D eigenvalue weighted by Gasteiger charge is 2.34. The number of esters is 1. The van der Waals surface area contributed by atoms with Gasteiger partial charge < -0.3 is 15.8 Å². The van der Waals surface area contributed by atoms with Crippen molar-refractivity contribution in [1.29, 1.82) is 0 Å². The van der Waals surface area contributed by atoms with Gasteiger partial charge in [-0.3, -0.25) is 0 Å². The molecule has 1 atom stereocenters. The van der Waals surface area contributed by atoms with E-state index in [1.807, 2.05) is 0 Å². The number of carbonyl (C=O) groups excluding carboxylic acids is 1. The van der Waals surface area contributed by atoms with E-state index in [0.717, 1.165) is 11.6 Å². The van der Waals surface area contributed by atoms with E-state index in [-0.39, 0.29) is 30.0 Å². The summed E-state index contributed by atoms with van der Waals surface area (Å²) >= 11 is 0. The third-order valence-electron chi connectivity index (χ3n) is 4.14. The average molecular weight is 384 g/mol. The van der Waals surface area contributed by atoms with E-state index in [2.05, 4.69) is 5.32 Å². The third-order valence-corrected chi connectivity index (χ3v) is 4.14. The first-order valence-electron chi connectivity index (χ1n) is 8.24. The van der Waals surface area contributed by atoms with E-state index >= 15 is 0 Å². The topological polar surface area (TPSA) is 64.3 Å². The largest absolute Gasteiger partial charge is 0.467 e. The van der Waals surface area contributed by atoms with E-state index in [0.29, 0.717) is 6.42 Å². The quantitative estimate of drug-likeness (QED) is 0.562. The number of halogens is 4. The number of carbonyl (C=O) groups is 1. The van der Waals surface area contributed by atoms with Crippen molar-refractivity contribution in [3.8, 4) is 0 Å². The molecule has 146 valence electrons. The molecule has 4 nitrogen and oxygen atoms in total. The van der Waals surface area contributed by atoms with Crippen molar-refractivity contribution in [2.45, 2.75) is 31.6 Å². The van der Waals surface area contributed by atoms with Crippen LogP contribution in [0.15, 0.2) is 42.5 Å². The van der Waals surface area contributed by atoms with Crippen LogP contribution in [0.2, 0.25) is 0 Å². The molecule has 0 spiro atoms. The molecule has 0 aliphatic carbocycles. The van der Waals surface area contributed by atoms with Crippen LogP contribution in [0.25, 0.3) is 0 Å². The zero-order valence-electron chi connectivity index (χ0n) is 14.6. The maximum atomic E-state index is 13.2. The number of hydrogen-bond donors (Lipinski definition) is 2. The number of aryl methyl sites for hydroxylation is 1.